The molecule has 0 aromatic rings. The van der Waals surface area contributed by atoms with E-state index in [1.54, 1.807) is 0 Å². The number of hydrogen-bond donors (Lipinski definition) is 3. The standard InChI is InChI=1S/C17H34N4O2/c1-11(2)16(18)17(23)19-7-15(22)20-14(5)10-21-8-12(3)6-13(4)9-21/h11-14,16H,6-10,18H2,1-5H3,(H,19,23)(H,20,22)/t12?,13?,14?,16-/m0/s1. The van der Waals surface area contributed by atoms with E-state index < -0.39 is 6.04 Å². The van der Waals surface area contributed by atoms with E-state index in [0.717, 1.165) is 19.6 Å². The largest absolute Gasteiger partial charge is 0.351 e. The van der Waals surface area contributed by atoms with Crippen molar-refractivity contribution in [2.75, 3.05) is 26.2 Å². The lowest BCUT2D eigenvalue weighted by molar-refractivity contribution is -0.127. The monoisotopic (exact) mass is 326 g/mol. The number of nitrogens with two attached hydrogens (primary N) is 1. The fraction of sp³-hybridized carbons (Fsp3) is 0.882. The summed E-state index contributed by atoms with van der Waals surface area (Å²) < 4.78 is 0. The smallest absolute Gasteiger partial charge is 0.239 e. The average Bonchev–Trinajstić information content (AvgIpc) is 2.42. The number of carbonyl (C=O) groups excluding carboxylic acids is 2. The number of amides is 2. The van der Waals surface area contributed by atoms with E-state index in [0.29, 0.717) is 11.8 Å². The van der Waals surface area contributed by atoms with E-state index in [2.05, 4.69) is 29.4 Å². The summed E-state index contributed by atoms with van der Waals surface area (Å²) in [5, 5.41) is 5.54. The third-order valence-corrected chi connectivity index (χ3v) is 4.33. The third-order valence-electron chi connectivity index (χ3n) is 4.33. The van der Waals surface area contributed by atoms with Crippen LogP contribution in [0.2, 0.25) is 0 Å². The Morgan fingerprint density at radius 2 is 1.74 bits per heavy atom. The fourth-order valence-corrected chi connectivity index (χ4v) is 3.29. The van der Waals surface area contributed by atoms with Gasteiger partial charge in [0.05, 0.1) is 12.6 Å². The molecule has 1 fully saturated rings. The summed E-state index contributed by atoms with van der Waals surface area (Å²) in [6.45, 7) is 13.3. The molecule has 0 radical (unpaired) electrons. The summed E-state index contributed by atoms with van der Waals surface area (Å²) in [4.78, 5) is 26.1. The first kappa shape index (κ1) is 19.9. The zero-order chi connectivity index (χ0) is 17.6. The summed E-state index contributed by atoms with van der Waals surface area (Å²) in [5.41, 5.74) is 5.75. The maximum Gasteiger partial charge on any atom is 0.239 e. The van der Waals surface area contributed by atoms with Gasteiger partial charge in [-0.3, -0.25) is 9.59 Å². The summed E-state index contributed by atoms with van der Waals surface area (Å²) in [7, 11) is 0. The van der Waals surface area contributed by atoms with E-state index >= 15 is 0 Å². The van der Waals surface area contributed by atoms with E-state index in [4.69, 9.17) is 5.73 Å². The minimum Gasteiger partial charge on any atom is -0.351 e. The highest BCUT2D eigenvalue weighted by Gasteiger charge is 2.23. The number of piperidine rings is 1. The number of rotatable bonds is 7. The first-order chi connectivity index (χ1) is 10.7. The SMILES string of the molecule is CC1CC(C)CN(CC(C)NC(=O)CNC(=O)[C@@H](N)C(C)C)C1. The van der Waals surface area contributed by atoms with Crippen LogP contribution in [0.1, 0.15) is 41.0 Å². The Bertz CT molecular complexity index is 390. The van der Waals surface area contributed by atoms with Gasteiger partial charge >= 0.3 is 0 Å². The second-order valence-electron chi connectivity index (χ2n) is 7.62. The molecule has 0 spiro atoms. The van der Waals surface area contributed by atoms with Gasteiger partial charge in [-0.15, -0.1) is 0 Å². The molecular weight excluding hydrogens is 292 g/mol. The molecule has 0 aromatic carbocycles. The van der Waals surface area contributed by atoms with Crippen LogP contribution in [0.15, 0.2) is 0 Å². The molecule has 2 amide bonds. The predicted molar refractivity (Wildman–Crippen MR) is 92.8 cm³/mol. The Hall–Kier alpha value is -1.14. The van der Waals surface area contributed by atoms with Crippen LogP contribution in [0.25, 0.3) is 0 Å². The van der Waals surface area contributed by atoms with Crippen LogP contribution in [0.5, 0.6) is 0 Å². The van der Waals surface area contributed by atoms with E-state index in [-0.39, 0.29) is 30.3 Å². The van der Waals surface area contributed by atoms with E-state index in [1.165, 1.54) is 6.42 Å². The lowest BCUT2D eigenvalue weighted by atomic mass is 9.92. The van der Waals surface area contributed by atoms with Crippen molar-refractivity contribution in [2.45, 2.75) is 53.1 Å². The van der Waals surface area contributed by atoms with Crippen LogP contribution in [0.4, 0.5) is 0 Å². The summed E-state index contributed by atoms with van der Waals surface area (Å²) in [6, 6.07) is -0.507. The van der Waals surface area contributed by atoms with Crippen LogP contribution in [0.3, 0.4) is 0 Å². The Morgan fingerprint density at radius 3 is 2.26 bits per heavy atom. The van der Waals surface area contributed by atoms with Crippen molar-refractivity contribution in [3.63, 3.8) is 0 Å². The first-order valence-electron chi connectivity index (χ1n) is 8.74. The van der Waals surface area contributed by atoms with Gasteiger partial charge in [-0.1, -0.05) is 27.7 Å². The Morgan fingerprint density at radius 1 is 1.17 bits per heavy atom. The Kier molecular flexibility index (Phi) is 7.99. The van der Waals surface area contributed by atoms with Gasteiger partial charge in [-0.25, -0.2) is 0 Å². The second kappa shape index (κ2) is 9.23. The predicted octanol–water partition coefficient (Wildman–Crippen LogP) is 0.569. The average molecular weight is 326 g/mol. The summed E-state index contributed by atoms with van der Waals surface area (Å²) in [6.07, 6.45) is 1.28. The third kappa shape index (κ3) is 7.31. The van der Waals surface area contributed by atoms with Gasteiger partial charge in [0.15, 0.2) is 0 Å². The van der Waals surface area contributed by atoms with Crippen LogP contribution in [0, 0.1) is 17.8 Å². The van der Waals surface area contributed by atoms with Crippen LogP contribution >= 0.6 is 0 Å². The van der Waals surface area contributed by atoms with Gasteiger partial charge in [-0.05, 0) is 31.1 Å². The number of hydrogen-bond acceptors (Lipinski definition) is 4. The van der Waals surface area contributed by atoms with Crippen LogP contribution in [-0.4, -0.2) is 55.0 Å². The minimum atomic E-state index is -0.573. The zero-order valence-corrected chi connectivity index (χ0v) is 15.3. The van der Waals surface area contributed by atoms with Gasteiger partial charge in [0.25, 0.3) is 0 Å². The van der Waals surface area contributed by atoms with Crippen molar-refractivity contribution in [1.82, 2.24) is 15.5 Å². The van der Waals surface area contributed by atoms with Gasteiger partial charge in [0, 0.05) is 25.7 Å². The minimum absolute atomic E-state index is 0.0175. The molecule has 1 heterocycles. The molecule has 3 unspecified atom stereocenters. The second-order valence-corrected chi connectivity index (χ2v) is 7.62. The molecule has 0 aromatic heterocycles. The molecular formula is C17H34N4O2. The molecule has 0 bridgehead atoms. The van der Waals surface area contributed by atoms with Crippen molar-refractivity contribution in [3.8, 4) is 0 Å². The molecule has 1 saturated heterocycles. The van der Waals surface area contributed by atoms with Crippen molar-refractivity contribution in [1.29, 1.82) is 0 Å². The zero-order valence-electron chi connectivity index (χ0n) is 15.3. The maximum atomic E-state index is 11.9. The molecule has 23 heavy (non-hydrogen) atoms. The quantitative estimate of drug-likeness (QED) is 0.638. The van der Waals surface area contributed by atoms with Crippen molar-refractivity contribution < 1.29 is 9.59 Å². The molecule has 134 valence electrons. The fourth-order valence-electron chi connectivity index (χ4n) is 3.29. The molecule has 4 atom stereocenters. The molecule has 6 heteroatoms. The highest BCUT2D eigenvalue weighted by atomic mass is 16.2. The Labute approximate surface area is 140 Å². The van der Waals surface area contributed by atoms with Crippen molar-refractivity contribution >= 4 is 11.8 Å². The lowest BCUT2D eigenvalue weighted by Gasteiger charge is -2.36. The van der Waals surface area contributed by atoms with Gasteiger partial charge in [0.1, 0.15) is 0 Å². The molecule has 6 nitrogen and oxygen atoms in total. The topological polar surface area (TPSA) is 87.5 Å². The van der Waals surface area contributed by atoms with Gasteiger partial charge < -0.3 is 21.3 Å². The highest BCUT2D eigenvalue weighted by molar-refractivity contribution is 5.87. The highest BCUT2D eigenvalue weighted by Crippen LogP contribution is 2.20. The van der Waals surface area contributed by atoms with Gasteiger partial charge in [-0.2, -0.15) is 0 Å². The molecule has 4 N–H and O–H groups in total. The number of carbonyl (C=O) groups is 2. The number of nitrogens with zero attached hydrogens (tertiary/aromatic N) is 1. The van der Waals surface area contributed by atoms with E-state index in [1.807, 2.05) is 20.8 Å². The molecule has 1 aliphatic heterocycles. The lowest BCUT2D eigenvalue weighted by Crippen LogP contribution is -2.50. The molecule has 1 rings (SSSR count). The molecule has 0 aliphatic carbocycles. The van der Waals surface area contributed by atoms with Gasteiger partial charge in [0.2, 0.25) is 11.8 Å². The summed E-state index contributed by atoms with van der Waals surface area (Å²) >= 11 is 0. The van der Waals surface area contributed by atoms with Crippen LogP contribution in [-0.2, 0) is 9.59 Å². The first-order valence-corrected chi connectivity index (χ1v) is 8.74. The molecule has 1 aliphatic rings. The normalized spacial score (nSPS) is 25.0. The van der Waals surface area contributed by atoms with E-state index in [9.17, 15) is 9.59 Å². The number of likely N-dealkylation sites (tertiary alicyclic amines) is 1. The Balaban J connectivity index is 2.29. The molecule has 0 saturated carbocycles. The van der Waals surface area contributed by atoms with Crippen LogP contribution < -0.4 is 16.4 Å². The summed E-state index contributed by atoms with van der Waals surface area (Å²) in [5.74, 6) is 1.03. The van der Waals surface area contributed by atoms with Crippen molar-refractivity contribution in [3.05, 3.63) is 0 Å². The van der Waals surface area contributed by atoms with Crippen molar-refractivity contribution in [2.24, 2.45) is 23.5 Å². The maximum absolute atomic E-state index is 11.9. The number of nitrogens with one attached hydrogen (secondary N) is 2.